The minimum absolute atomic E-state index is 0.428. The number of rotatable bonds is 2. The third-order valence-electron chi connectivity index (χ3n) is 4.16. The van der Waals surface area contributed by atoms with E-state index in [0.717, 1.165) is 11.0 Å². The molecule has 1 amide bonds. The van der Waals surface area contributed by atoms with E-state index in [9.17, 15) is 4.79 Å². The fourth-order valence-electron chi connectivity index (χ4n) is 2.30. The first-order chi connectivity index (χ1) is 9.53. The van der Waals surface area contributed by atoms with Gasteiger partial charge >= 0.3 is 13.2 Å². The van der Waals surface area contributed by atoms with Crippen LogP contribution in [0.4, 0.5) is 16.2 Å². The second-order valence-corrected chi connectivity index (χ2v) is 6.31. The smallest absolute Gasteiger partial charge is 0.465 e. The first kappa shape index (κ1) is 15.7. The van der Waals surface area contributed by atoms with Crippen molar-refractivity contribution in [1.82, 2.24) is 0 Å². The number of amides is 1. The van der Waals surface area contributed by atoms with Crippen LogP contribution in [0.15, 0.2) is 12.1 Å². The Labute approximate surface area is 124 Å². The van der Waals surface area contributed by atoms with Gasteiger partial charge in [0.2, 0.25) is 0 Å². The van der Waals surface area contributed by atoms with Gasteiger partial charge in [-0.25, -0.2) is 4.79 Å². The summed E-state index contributed by atoms with van der Waals surface area (Å²) in [6, 6.07) is 3.28. The van der Waals surface area contributed by atoms with Crippen LogP contribution >= 0.6 is 0 Å². The minimum Gasteiger partial charge on any atom is -0.465 e. The Bertz CT molecular complexity index is 547. The summed E-state index contributed by atoms with van der Waals surface area (Å²) in [6.07, 6.45) is -1.13. The molecule has 1 aromatic carbocycles. The van der Waals surface area contributed by atoms with Gasteiger partial charge in [0, 0.05) is 16.8 Å². The quantitative estimate of drug-likeness (QED) is 0.572. The number of carboxylic acid groups (broad SMARTS) is 1. The molecule has 1 fully saturated rings. The molecule has 0 spiro atoms. The van der Waals surface area contributed by atoms with E-state index in [-0.39, 0.29) is 0 Å². The number of aryl methyl sites for hydroxylation is 1. The number of nitrogens with two attached hydrogens (primary N) is 1. The highest BCUT2D eigenvalue weighted by molar-refractivity contribution is 6.64. The van der Waals surface area contributed by atoms with Crippen LogP contribution in [0.25, 0.3) is 0 Å². The van der Waals surface area contributed by atoms with Crippen molar-refractivity contribution in [3.8, 4) is 0 Å². The van der Waals surface area contributed by atoms with Crippen LogP contribution in [0.2, 0.25) is 0 Å². The SMILES string of the molecule is Cc1cc(NC(=O)O)cc(N)c1B1OC(C)(C)C(C)(C)O1. The summed E-state index contributed by atoms with van der Waals surface area (Å²) in [4.78, 5) is 10.7. The van der Waals surface area contributed by atoms with Gasteiger partial charge in [-0.3, -0.25) is 5.32 Å². The van der Waals surface area contributed by atoms with Gasteiger partial charge in [0.25, 0.3) is 0 Å². The molecule has 1 aromatic rings. The molecule has 4 N–H and O–H groups in total. The molecular weight excluding hydrogens is 271 g/mol. The zero-order valence-electron chi connectivity index (χ0n) is 13.0. The van der Waals surface area contributed by atoms with Crippen molar-refractivity contribution in [3.63, 3.8) is 0 Å². The van der Waals surface area contributed by atoms with Gasteiger partial charge in [-0.2, -0.15) is 0 Å². The van der Waals surface area contributed by atoms with E-state index in [1.54, 1.807) is 12.1 Å². The summed E-state index contributed by atoms with van der Waals surface area (Å²) in [5.41, 5.74) is 7.59. The lowest BCUT2D eigenvalue weighted by Gasteiger charge is -2.32. The standard InChI is InChI=1S/C14H21BN2O4/c1-8-6-9(17-12(18)19)7-10(16)11(8)15-20-13(2,3)14(4,5)21-15/h6-7,17H,16H2,1-5H3,(H,18,19). The Morgan fingerprint density at radius 2 is 1.76 bits per heavy atom. The summed E-state index contributed by atoms with van der Waals surface area (Å²) >= 11 is 0. The van der Waals surface area contributed by atoms with Crippen LogP contribution in [0, 0.1) is 6.92 Å². The molecule has 0 unspecified atom stereocenters. The molecule has 0 bridgehead atoms. The predicted octanol–water partition coefficient (Wildman–Crippen LogP) is 1.97. The Morgan fingerprint density at radius 1 is 1.24 bits per heavy atom. The van der Waals surface area contributed by atoms with Crippen molar-refractivity contribution < 1.29 is 19.2 Å². The third-order valence-corrected chi connectivity index (χ3v) is 4.16. The topological polar surface area (TPSA) is 93.8 Å². The number of anilines is 2. The fourth-order valence-corrected chi connectivity index (χ4v) is 2.30. The summed E-state index contributed by atoms with van der Waals surface area (Å²) in [5, 5.41) is 11.1. The first-order valence-corrected chi connectivity index (χ1v) is 6.79. The van der Waals surface area contributed by atoms with Crippen molar-refractivity contribution in [2.75, 3.05) is 11.1 Å². The maximum absolute atomic E-state index is 10.7. The van der Waals surface area contributed by atoms with Crippen molar-refractivity contribution >= 4 is 30.0 Å². The number of carbonyl (C=O) groups is 1. The summed E-state index contributed by atoms with van der Waals surface area (Å²) in [7, 11) is -0.561. The Morgan fingerprint density at radius 3 is 2.19 bits per heavy atom. The molecule has 0 saturated carbocycles. The zero-order chi connectivity index (χ0) is 16.0. The lowest BCUT2D eigenvalue weighted by atomic mass is 9.75. The monoisotopic (exact) mass is 292 g/mol. The summed E-state index contributed by atoms with van der Waals surface area (Å²) in [5.74, 6) is 0. The molecule has 6 nitrogen and oxygen atoms in total. The molecule has 0 aliphatic carbocycles. The Kier molecular flexibility index (Phi) is 3.67. The van der Waals surface area contributed by atoms with E-state index in [2.05, 4.69) is 5.32 Å². The maximum atomic E-state index is 10.7. The highest BCUT2D eigenvalue weighted by atomic mass is 16.7. The van der Waals surface area contributed by atoms with Crippen LogP contribution < -0.4 is 16.5 Å². The molecule has 1 aliphatic rings. The first-order valence-electron chi connectivity index (χ1n) is 6.79. The van der Waals surface area contributed by atoms with Crippen LogP contribution in [-0.4, -0.2) is 29.5 Å². The lowest BCUT2D eigenvalue weighted by molar-refractivity contribution is 0.00578. The van der Waals surface area contributed by atoms with Gasteiger partial charge in [0.15, 0.2) is 0 Å². The highest BCUT2D eigenvalue weighted by Crippen LogP contribution is 2.37. The van der Waals surface area contributed by atoms with Crippen LogP contribution in [-0.2, 0) is 9.31 Å². The molecule has 114 valence electrons. The number of nitrogen functional groups attached to an aromatic ring is 1. The van der Waals surface area contributed by atoms with Crippen LogP contribution in [0.3, 0.4) is 0 Å². The van der Waals surface area contributed by atoms with Gasteiger partial charge in [0.05, 0.1) is 11.2 Å². The molecule has 1 aliphatic heterocycles. The van der Waals surface area contributed by atoms with Crippen LogP contribution in [0.1, 0.15) is 33.3 Å². The fraction of sp³-hybridized carbons (Fsp3) is 0.500. The van der Waals surface area contributed by atoms with E-state index >= 15 is 0 Å². The van der Waals surface area contributed by atoms with Crippen molar-refractivity contribution in [2.45, 2.75) is 45.8 Å². The number of benzene rings is 1. The molecule has 0 atom stereocenters. The zero-order valence-corrected chi connectivity index (χ0v) is 13.0. The summed E-state index contributed by atoms with van der Waals surface area (Å²) < 4.78 is 12.0. The summed E-state index contributed by atoms with van der Waals surface area (Å²) in [6.45, 7) is 9.74. The average molecular weight is 292 g/mol. The van der Waals surface area contributed by atoms with Crippen molar-refractivity contribution in [1.29, 1.82) is 0 Å². The van der Waals surface area contributed by atoms with Crippen molar-refractivity contribution in [3.05, 3.63) is 17.7 Å². The molecular formula is C14H21BN2O4. The second-order valence-electron chi connectivity index (χ2n) is 6.31. The number of hydrogen-bond donors (Lipinski definition) is 3. The number of nitrogens with one attached hydrogen (secondary N) is 1. The van der Waals surface area contributed by atoms with Gasteiger partial charge in [-0.05, 0) is 52.3 Å². The van der Waals surface area contributed by atoms with Gasteiger partial charge in [-0.15, -0.1) is 0 Å². The molecule has 1 heterocycles. The van der Waals surface area contributed by atoms with Gasteiger partial charge in [0.1, 0.15) is 0 Å². The van der Waals surface area contributed by atoms with Gasteiger partial charge < -0.3 is 20.1 Å². The minimum atomic E-state index is -1.13. The molecule has 2 rings (SSSR count). The maximum Gasteiger partial charge on any atom is 0.497 e. The molecule has 0 aromatic heterocycles. The van der Waals surface area contributed by atoms with E-state index in [1.165, 1.54) is 0 Å². The second kappa shape index (κ2) is 4.93. The van der Waals surface area contributed by atoms with Crippen LogP contribution in [0.5, 0.6) is 0 Å². The van der Waals surface area contributed by atoms with E-state index < -0.39 is 24.4 Å². The third kappa shape index (κ3) is 2.84. The Hall–Kier alpha value is -1.73. The molecule has 0 radical (unpaired) electrons. The van der Waals surface area contributed by atoms with E-state index in [0.29, 0.717) is 11.4 Å². The average Bonchev–Trinajstić information content (AvgIpc) is 2.44. The largest absolute Gasteiger partial charge is 0.497 e. The van der Waals surface area contributed by atoms with E-state index in [4.69, 9.17) is 20.1 Å². The Balaban J connectivity index is 2.36. The van der Waals surface area contributed by atoms with Gasteiger partial charge in [-0.1, -0.05) is 0 Å². The van der Waals surface area contributed by atoms with E-state index in [1.807, 2.05) is 34.6 Å². The number of hydrogen-bond acceptors (Lipinski definition) is 4. The predicted molar refractivity (Wildman–Crippen MR) is 83.0 cm³/mol. The van der Waals surface area contributed by atoms with Crippen molar-refractivity contribution in [2.24, 2.45) is 0 Å². The molecule has 7 heteroatoms. The normalized spacial score (nSPS) is 19.6. The molecule has 21 heavy (non-hydrogen) atoms. The molecule has 1 saturated heterocycles. The lowest BCUT2D eigenvalue weighted by Crippen LogP contribution is -2.41. The highest BCUT2D eigenvalue weighted by Gasteiger charge is 2.52.